The molecular formula is C8H15ClN2O2. The normalized spacial score (nSPS) is 39.6. The van der Waals surface area contributed by atoms with E-state index in [1.165, 1.54) is 12.2 Å². The minimum Gasteiger partial charge on any atom is -0.325 e. The van der Waals surface area contributed by atoms with Gasteiger partial charge >= 0.3 is 0 Å². The van der Waals surface area contributed by atoms with Crippen LogP contribution in [0.5, 0.6) is 0 Å². The van der Waals surface area contributed by atoms with Crippen molar-refractivity contribution in [1.29, 1.82) is 0 Å². The lowest BCUT2D eigenvalue weighted by molar-refractivity contribution is -0.215. The highest BCUT2D eigenvalue weighted by Crippen LogP contribution is 2.66. The zero-order valence-electron chi connectivity index (χ0n) is 7.87. The molecule has 5 heteroatoms. The molecule has 0 heterocycles. The molecule has 0 radical (unpaired) electrons. The zero-order valence-corrected chi connectivity index (χ0v) is 8.69. The second kappa shape index (κ2) is 2.83. The maximum absolute atomic E-state index is 11.6. The van der Waals surface area contributed by atoms with E-state index in [1.54, 1.807) is 7.05 Å². The molecule has 3 aliphatic carbocycles. The summed E-state index contributed by atoms with van der Waals surface area (Å²) in [5.74, 6) is 0.0809. The monoisotopic (exact) mass is 206 g/mol. The lowest BCUT2D eigenvalue weighted by atomic mass is 9.39. The molecule has 4 nitrogen and oxygen atoms in total. The van der Waals surface area contributed by atoms with Gasteiger partial charge in [0.25, 0.3) is 5.91 Å². The Labute approximate surface area is 83.8 Å². The fraction of sp³-hybridized carbons (Fsp3) is 0.875. The highest BCUT2D eigenvalue weighted by atomic mass is 35.5. The Bertz CT molecular complexity index is 225. The van der Waals surface area contributed by atoms with E-state index in [2.05, 4.69) is 0 Å². The van der Waals surface area contributed by atoms with Crippen molar-refractivity contribution in [3.05, 3.63) is 0 Å². The topological polar surface area (TPSA) is 55.6 Å². The molecular weight excluding hydrogens is 192 g/mol. The minimum atomic E-state index is -0.153. The first-order valence-corrected chi connectivity index (χ1v) is 4.13. The third kappa shape index (κ3) is 1.24. The Kier molecular flexibility index (Phi) is 2.35. The molecule has 0 spiro atoms. The van der Waals surface area contributed by atoms with E-state index < -0.39 is 0 Å². The van der Waals surface area contributed by atoms with Gasteiger partial charge in [0.1, 0.15) is 0 Å². The van der Waals surface area contributed by atoms with Crippen LogP contribution in [0.25, 0.3) is 0 Å². The van der Waals surface area contributed by atoms with Gasteiger partial charge in [-0.2, -0.15) is 0 Å². The number of nitrogens with zero attached hydrogens (tertiary/aromatic N) is 1. The highest BCUT2D eigenvalue weighted by molar-refractivity contribution is 5.86. The van der Waals surface area contributed by atoms with Crippen LogP contribution in [0.1, 0.15) is 19.3 Å². The largest absolute Gasteiger partial charge is 0.325 e. The van der Waals surface area contributed by atoms with E-state index >= 15 is 0 Å². The van der Waals surface area contributed by atoms with Gasteiger partial charge in [0.05, 0.1) is 12.5 Å². The average molecular weight is 207 g/mol. The van der Waals surface area contributed by atoms with Crippen molar-refractivity contribution in [1.82, 2.24) is 5.06 Å². The fourth-order valence-electron chi connectivity index (χ4n) is 2.51. The van der Waals surface area contributed by atoms with Crippen molar-refractivity contribution in [2.24, 2.45) is 11.1 Å². The quantitative estimate of drug-likeness (QED) is 0.662. The van der Waals surface area contributed by atoms with Gasteiger partial charge in [0.2, 0.25) is 0 Å². The molecule has 3 aliphatic rings. The molecule has 2 N–H and O–H groups in total. The number of nitrogens with two attached hydrogens (primary N) is 1. The molecule has 0 unspecified atom stereocenters. The van der Waals surface area contributed by atoms with Gasteiger partial charge < -0.3 is 5.73 Å². The fourth-order valence-corrected chi connectivity index (χ4v) is 2.51. The summed E-state index contributed by atoms with van der Waals surface area (Å²) in [7, 11) is 3.15. The second-order valence-electron chi connectivity index (χ2n) is 4.16. The van der Waals surface area contributed by atoms with Crippen molar-refractivity contribution >= 4 is 18.3 Å². The van der Waals surface area contributed by atoms with Crippen LogP contribution in [-0.4, -0.2) is 30.7 Å². The van der Waals surface area contributed by atoms with Crippen LogP contribution in [0.2, 0.25) is 0 Å². The van der Waals surface area contributed by atoms with Crippen LogP contribution in [0.4, 0.5) is 0 Å². The first-order chi connectivity index (χ1) is 5.51. The lowest BCUT2D eigenvalue weighted by Gasteiger charge is -2.67. The summed E-state index contributed by atoms with van der Waals surface area (Å²) in [5, 5.41) is 1.30. The number of carbonyl (C=O) groups excluding carboxylic acids is 1. The number of hydrogen-bond donors (Lipinski definition) is 1. The lowest BCUT2D eigenvalue weighted by Crippen LogP contribution is -2.76. The standard InChI is InChI=1S/C8H14N2O2.ClH/c1-10(12-2)6(11)7-3-8(9,4-7)5-7;/h3-5,9H2,1-2H3;1H. The molecule has 1 amide bonds. The zero-order chi connectivity index (χ0) is 8.98. The molecule has 0 saturated heterocycles. The smallest absolute Gasteiger partial charge is 0.252 e. The number of hydroxylamine groups is 2. The highest BCUT2D eigenvalue weighted by Gasteiger charge is 2.70. The van der Waals surface area contributed by atoms with E-state index in [-0.39, 0.29) is 29.3 Å². The molecule has 76 valence electrons. The van der Waals surface area contributed by atoms with Gasteiger partial charge in [-0.25, -0.2) is 5.06 Å². The Balaban J connectivity index is 0.000000845. The van der Waals surface area contributed by atoms with Crippen LogP contribution in [0, 0.1) is 5.41 Å². The minimum absolute atomic E-state index is 0. The van der Waals surface area contributed by atoms with Crippen molar-refractivity contribution in [2.45, 2.75) is 24.8 Å². The summed E-state index contributed by atoms with van der Waals surface area (Å²) in [6.45, 7) is 0. The molecule has 0 aliphatic heterocycles. The third-order valence-corrected chi connectivity index (χ3v) is 3.08. The van der Waals surface area contributed by atoms with Gasteiger partial charge in [-0.3, -0.25) is 9.63 Å². The van der Waals surface area contributed by atoms with Gasteiger partial charge in [0, 0.05) is 12.6 Å². The maximum Gasteiger partial charge on any atom is 0.252 e. The first-order valence-electron chi connectivity index (χ1n) is 4.13. The predicted molar refractivity (Wildman–Crippen MR) is 50.2 cm³/mol. The summed E-state index contributed by atoms with van der Waals surface area (Å²) in [5.41, 5.74) is 5.68. The Morgan fingerprint density at radius 1 is 1.46 bits per heavy atom. The molecule has 0 aromatic carbocycles. The number of carbonyl (C=O) groups is 1. The predicted octanol–water partition coefficient (Wildman–Crippen LogP) is 0.309. The van der Waals surface area contributed by atoms with Crippen molar-refractivity contribution in [3.8, 4) is 0 Å². The van der Waals surface area contributed by atoms with E-state index in [4.69, 9.17) is 10.6 Å². The van der Waals surface area contributed by atoms with E-state index in [0.717, 1.165) is 19.3 Å². The number of rotatable bonds is 2. The summed E-state index contributed by atoms with van der Waals surface area (Å²) >= 11 is 0. The maximum atomic E-state index is 11.6. The van der Waals surface area contributed by atoms with Crippen molar-refractivity contribution < 1.29 is 9.63 Å². The molecule has 0 aromatic rings. The third-order valence-electron chi connectivity index (χ3n) is 3.08. The van der Waals surface area contributed by atoms with Gasteiger partial charge in [-0.05, 0) is 19.3 Å². The molecule has 0 atom stereocenters. The molecule has 3 saturated carbocycles. The molecule has 13 heavy (non-hydrogen) atoms. The number of halogens is 1. The first kappa shape index (κ1) is 10.8. The SMILES string of the molecule is CON(C)C(=O)C12CC(N)(C1)C2.Cl. The Morgan fingerprint density at radius 2 is 1.92 bits per heavy atom. The van der Waals surface area contributed by atoms with Gasteiger partial charge in [-0.1, -0.05) is 0 Å². The molecule has 2 bridgehead atoms. The van der Waals surface area contributed by atoms with Crippen LogP contribution >= 0.6 is 12.4 Å². The second-order valence-corrected chi connectivity index (χ2v) is 4.16. The van der Waals surface area contributed by atoms with Gasteiger partial charge in [-0.15, -0.1) is 12.4 Å². The van der Waals surface area contributed by atoms with Crippen LogP contribution in [0.15, 0.2) is 0 Å². The Morgan fingerprint density at radius 3 is 2.23 bits per heavy atom. The summed E-state index contributed by atoms with van der Waals surface area (Å²) in [6, 6.07) is 0. The van der Waals surface area contributed by atoms with E-state index in [0.29, 0.717) is 0 Å². The van der Waals surface area contributed by atoms with Crippen LogP contribution in [-0.2, 0) is 9.63 Å². The molecule has 0 aromatic heterocycles. The van der Waals surface area contributed by atoms with E-state index in [9.17, 15) is 4.79 Å². The Hall–Kier alpha value is -0.320. The van der Waals surface area contributed by atoms with Crippen molar-refractivity contribution in [3.63, 3.8) is 0 Å². The number of amides is 1. The van der Waals surface area contributed by atoms with E-state index in [1.807, 2.05) is 0 Å². The summed E-state index contributed by atoms with van der Waals surface area (Å²) in [4.78, 5) is 16.4. The number of hydrogen-bond acceptors (Lipinski definition) is 3. The summed E-state index contributed by atoms with van der Waals surface area (Å²) in [6.07, 6.45) is 2.52. The van der Waals surface area contributed by atoms with Gasteiger partial charge in [0.15, 0.2) is 0 Å². The summed E-state index contributed by atoms with van der Waals surface area (Å²) < 4.78 is 0. The van der Waals surface area contributed by atoms with Crippen molar-refractivity contribution in [2.75, 3.05) is 14.2 Å². The van der Waals surface area contributed by atoms with Crippen LogP contribution in [0.3, 0.4) is 0 Å². The molecule has 3 rings (SSSR count). The van der Waals surface area contributed by atoms with Crippen LogP contribution < -0.4 is 5.73 Å². The average Bonchev–Trinajstić information content (AvgIpc) is 1.94. The molecule has 3 fully saturated rings.